The summed E-state index contributed by atoms with van der Waals surface area (Å²) in [5.41, 5.74) is -0.568. The van der Waals surface area contributed by atoms with Gasteiger partial charge in [-0.1, -0.05) is 13.3 Å². The molecule has 6 heteroatoms. The lowest BCUT2D eigenvalue weighted by atomic mass is 10.3. The zero-order valence-electron chi connectivity index (χ0n) is 9.56. The molecule has 0 aliphatic heterocycles. The van der Waals surface area contributed by atoms with Crippen LogP contribution in [0.5, 0.6) is 5.75 Å². The van der Waals surface area contributed by atoms with Crippen molar-refractivity contribution in [3.63, 3.8) is 0 Å². The van der Waals surface area contributed by atoms with Gasteiger partial charge < -0.3 is 19.6 Å². The number of rotatable bonds is 5. The van der Waals surface area contributed by atoms with E-state index in [2.05, 4.69) is 5.32 Å². The van der Waals surface area contributed by atoms with Crippen molar-refractivity contribution in [1.29, 1.82) is 0 Å². The number of alkyl carbamates (subject to hydrolysis) is 1. The average Bonchev–Trinajstić information content (AvgIpc) is 2.31. The van der Waals surface area contributed by atoms with Crippen LogP contribution < -0.4 is 10.7 Å². The van der Waals surface area contributed by atoms with Crippen molar-refractivity contribution < 1.29 is 19.1 Å². The Morgan fingerprint density at radius 3 is 3.00 bits per heavy atom. The molecule has 0 unspecified atom stereocenters. The van der Waals surface area contributed by atoms with E-state index in [-0.39, 0.29) is 12.4 Å². The molecule has 0 aliphatic rings. The van der Waals surface area contributed by atoms with Gasteiger partial charge in [-0.2, -0.15) is 0 Å². The fourth-order valence-electron chi connectivity index (χ4n) is 1.07. The Morgan fingerprint density at radius 1 is 1.59 bits per heavy atom. The first kappa shape index (κ1) is 13.1. The Bertz CT molecular complexity index is 426. The number of amides is 1. The molecule has 1 aromatic rings. The molecule has 0 spiro atoms. The summed E-state index contributed by atoms with van der Waals surface area (Å²) in [6.07, 6.45) is 2.21. The monoisotopic (exact) mass is 241 g/mol. The van der Waals surface area contributed by atoms with Gasteiger partial charge in [-0.25, -0.2) is 4.79 Å². The molecule has 0 aliphatic carbocycles. The number of carbonyl (C=O) groups is 1. The molecule has 1 heterocycles. The van der Waals surface area contributed by atoms with Gasteiger partial charge in [0.1, 0.15) is 12.0 Å². The van der Waals surface area contributed by atoms with Crippen LogP contribution in [0.25, 0.3) is 0 Å². The molecular formula is C11H15NO5. The van der Waals surface area contributed by atoms with Gasteiger partial charge in [0, 0.05) is 12.6 Å². The minimum atomic E-state index is -0.568. The Balaban J connectivity index is 2.37. The van der Waals surface area contributed by atoms with Crippen molar-refractivity contribution in [1.82, 2.24) is 5.32 Å². The maximum absolute atomic E-state index is 11.1. The molecule has 94 valence electrons. The van der Waals surface area contributed by atoms with E-state index in [0.717, 1.165) is 25.2 Å². The van der Waals surface area contributed by atoms with Gasteiger partial charge in [-0.05, 0) is 6.42 Å². The van der Waals surface area contributed by atoms with Gasteiger partial charge >= 0.3 is 6.09 Å². The standard InChI is InChI=1S/C11H15NO5/c1-2-3-4-12-11(15)17-6-8-5-9(13)10(14)7-16-8/h5,7,14H,2-4,6H2,1H3,(H,12,15). The van der Waals surface area contributed by atoms with Crippen molar-refractivity contribution >= 4 is 6.09 Å². The Hall–Kier alpha value is -1.98. The van der Waals surface area contributed by atoms with Gasteiger partial charge in [0.15, 0.2) is 12.4 Å². The smallest absolute Gasteiger partial charge is 0.407 e. The number of hydrogen-bond acceptors (Lipinski definition) is 5. The number of carbonyl (C=O) groups excluding carboxylic acids is 1. The lowest BCUT2D eigenvalue weighted by Crippen LogP contribution is -2.25. The lowest BCUT2D eigenvalue weighted by molar-refractivity contribution is 0.130. The highest BCUT2D eigenvalue weighted by Gasteiger charge is 2.05. The molecule has 1 amide bonds. The van der Waals surface area contributed by atoms with Crippen LogP contribution in [-0.2, 0) is 11.3 Å². The van der Waals surface area contributed by atoms with Gasteiger partial charge in [-0.15, -0.1) is 0 Å². The van der Waals surface area contributed by atoms with Crippen molar-refractivity contribution in [3.05, 3.63) is 28.3 Å². The Morgan fingerprint density at radius 2 is 2.35 bits per heavy atom. The summed E-state index contributed by atoms with van der Waals surface area (Å²) in [7, 11) is 0. The molecule has 0 atom stereocenters. The second-order valence-electron chi connectivity index (χ2n) is 3.45. The quantitative estimate of drug-likeness (QED) is 0.760. The van der Waals surface area contributed by atoms with E-state index in [0.29, 0.717) is 6.54 Å². The summed E-state index contributed by atoms with van der Waals surface area (Å²) < 4.78 is 9.67. The normalized spacial score (nSPS) is 9.94. The van der Waals surface area contributed by atoms with Crippen LogP contribution >= 0.6 is 0 Å². The fourth-order valence-corrected chi connectivity index (χ4v) is 1.07. The molecule has 1 aromatic heterocycles. The average molecular weight is 241 g/mol. The van der Waals surface area contributed by atoms with Crippen molar-refractivity contribution in [3.8, 4) is 5.75 Å². The first-order valence-corrected chi connectivity index (χ1v) is 5.34. The first-order valence-electron chi connectivity index (χ1n) is 5.34. The number of ether oxygens (including phenoxy) is 1. The van der Waals surface area contributed by atoms with E-state index in [4.69, 9.17) is 14.3 Å². The Kier molecular flexibility index (Phi) is 5.06. The van der Waals surface area contributed by atoms with Crippen molar-refractivity contribution in [2.75, 3.05) is 6.54 Å². The molecule has 1 rings (SSSR count). The predicted molar refractivity (Wildman–Crippen MR) is 59.7 cm³/mol. The van der Waals surface area contributed by atoms with E-state index in [1.54, 1.807) is 0 Å². The van der Waals surface area contributed by atoms with Crippen LogP contribution in [0.4, 0.5) is 4.79 Å². The molecule has 0 fully saturated rings. The van der Waals surface area contributed by atoms with Crippen LogP contribution in [-0.4, -0.2) is 17.7 Å². The Labute approximate surface area is 98.2 Å². The van der Waals surface area contributed by atoms with Crippen molar-refractivity contribution in [2.45, 2.75) is 26.4 Å². The van der Waals surface area contributed by atoms with Crippen LogP contribution in [0.2, 0.25) is 0 Å². The third kappa shape index (κ3) is 4.58. The maximum atomic E-state index is 11.1. The second kappa shape index (κ2) is 6.57. The van der Waals surface area contributed by atoms with E-state index >= 15 is 0 Å². The summed E-state index contributed by atoms with van der Waals surface area (Å²) in [4.78, 5) is 22.2. The molecule has 17 heavy (non-hydrogen) atoms. The van der Waals surface area contributed by atoms with Gasteiger partial charge in [0.2, 0.25) is 5.43 Å². The molecule has 0 saturated carbocycles. The number of hydrogen-bond donors (Lipinski definition) is 2. The van der Waals surface area contributed by atoms with Crippen LogP contribution in [0.1, 0.15) is 25.5 Å². The minimum Gasteiger partial charge on any atom is -0.502 e. The summed E-state index contributed by atoms with van der Waals surface area (Å²) in [5, 5.41) is 11.5. The third-order valence-corrected chi connectivity index (χ3v) is 2.01. The van der Waals surface area contributed by atoms with E-state index < -0.39 is 17.3 Å². The molecular weight excluding hydrogens is 226 g/mol. The fraction of sp³-hybridized carbons (Fsp3) is 0.455. The molecule has 0 radical (unpaired) electrons. The maximum Gasteiger partial charge on any atom is 0.407 e. The molecule has 6 nitrogen and oxygen atoms in total. The van der Waals surface area contributed by atoms with Crippen molar-refractivity contribution in [2.24, 2.45) is 0 Å². The molecule has 2 N–H and O–H groups in total. The van der Waals surface area contributed by atoms with E-state index in [1.807, 2.05) is 6.92 Å². The van der Waals surface area contributed by atoms with Gasteiger partial charge in [-0.3, -0.25) is 4.79 Å². The van der Waals surface area contributed by atoms with Crippen LogP contribution in [0.3, 0.4) is 0 Å². The highest BCUT2D eigenvalue weighted by Crippen LogP contribution is 2.04. The minimum absolute atomic E-state index is 0.145. The SMILES string of the molecule is CCCCNC(=O)OCc1cc(=O)c(O)co1. The zero-order chi connectivity index (χ0) is 12.7. The predicted octanol–water partition coefficient (Wildman–Crippen LogP) is 1.37. The second-order valence-corrected chi connectivity index (χ2v) is 3.45. The number of aromatic hydroxyl groups is 1. The van der Waals surface area contributed by atoms with Gasteiger partial charge in [0.05, 0.1) is 0 Å². The summed E-state index contributed by atoms with van der Waals surface area (Å²) in [6, 6.07) is 1.08. The summed E-state index contributed by atoms with van der Waals surface area (Å²) in [6.45, 7) is 2.42. The topological polar surface area (TPSA) is 88.8 Å². The number of nitrogens with one attached hydrogen (secondary N) is 1. The molecule has 0 aromatic carbocycles. The zero-order valence-corrected chi connectivity index (χ0v) is 9.56. The largest absolute Gasteiger partial charge is 0.502 e. The molecule has 0 saturated heterocycles. The first-order chi connectivity index (χ1) is 8.13. The van der Waals surface area contributed by atoms with Gasteiger partial charge in [0.25, 0.3) is 0 Å². The third-order valence-electron chi connectivity index (χ3n) is 2.01. The van der Waals surface area contributed by atoms with E-state index in [9.17, 15) is 9.59 Å². The summed E-state index contributed by atoms with van der Waals surface area (Å²) >= 11 is 0. The number of unbranched alkanes of at least 4 members (excludes halogenated alkanes) is 1. The van der Waals surface area contributed by atoms with Crippen LogP contribution in [0.15, 0.2) is 21.5 Å². The summed E-state index contributed by atoms with van der Waals surface area (Å²) in [5.74, 6) is -0.292. The van der Waals surface area contributed by atoms with E-state index in [1.165, 1.54) is 0 Å². The van der Waals surface area contributed by atoms with Crippen LogP contribution in [0, 0.1) is 0 Å². The lowest BCUT2D eigenvalue weighted by Gasteiger charge is -2.05. The highest BCUT2D eigenvalue weighted by atomic mass is 16.6. The highest BCUT2D eigenvalue weighted by molar-refractivity contribution is 5.66. The molecule has 0 bridgehead atoms.